The molecule has 1 saturated carbocycles. The molecule has 1 rings (SSSR count). The van der Waals surface area contributed by atoms with Gasteiger partial charge in [0.1, 0.15) is 0 Å². The second kappa shape index (κ2) is 8.60. The van der Waals surface area contributed by atoms with Gasteiger partial charge in [-0.15, -0.1) is 0 Å². The number of hydrogen-bond donors (Lipinski definition) is 1. The largest absolute Gasteiger partial charge is 0.356 e. The van der Waals surface area contributed by atoms with Crippen LogP contribution in [0, 0.1) is 23.7 Å². The predicted octanol–water partition coefficient (Wildman–Crippen LogP) is 4.39. The molecule has 0 aromatic rings. The highest BCUT2D eigenvalue weighted by Crippen LogP contribution is 2.27. The summed E-state index contributed by atoms with van der Waals surface area (Å²) in [6.45, 7) is 9.84. The van der Waals surface area contributed by atoms with Gasteiger partial charge in [-0.1, -0.05) is 59.8 Å². The lowest BCUT2D eigenvalue weighted by Gasteiger charge is -2.25. The van der Waals surface area contributed by atoms with Crippen molar-refractivity contribution in [3.8, 4) is 0 Å². The van der Waals surface area contributed by atoms with Crippen LogP contribution in [0.1, 0.15) is 72.6 Å². The summed E-state index contributed by atoms with van der Waals surface area (Å²) in [5.74, 6) is 2.94. The number of hydrogen-bond acceptors (Lipinski definition) is 1. The molecule has 1 amide bonds. The minimum atomic E-state index is 0.261. The first-order chi connectivity index (χ1) is 9.00. The van der Waals surface area contributed by atoms with Gasteiger partial charge in [0.2, 0.25) is 5.91 Å². The van der Waals surface area contributed by atoms with Crippen LogP contribution >= 0.6 is 0 Å². The predicted molar refractivity (Wildman–Crippen MR) is 82.0 cm³/mol. The summed E-state index contributed by atoms with van der Waals surface area (Å²) in [6.07, 6.45) is 8.65. The van der Waals surface area contributed by atoms with Crippen LogP contribution in [-0.2, 0) is 4.79 Å². The van der Waals surface area contributed by atoms with Gasteiger partial charge in [0.25, 0.3) is 0 Å². The second-order valence-electron chi connectivity index (χ2n) is 7.00. The van der Waals surface area contributed by atoms with E-state index in [2.05, 4.69) is 33.0 Å². The third-order valence-electron chi connectivity index (χ3n) is 4.75. The fourth-order valence-electron chi connectivity index (χ4n) is 3.37. The monoisotopic (exact) mass is 267 g/mol. The average Bonchev–Trinajstić information content (AvgIpc) is 2.37. The Morgan fingerprint density at radius 3 is 2.16 bits per heavy atom. The summed E-state index contributed by atoms with van der Waals surface area (Å²) < 4.78 is 0. The Balaban J connectivity index is 2.19. The molecular weight excluding hydrogens is 234 g/mol. The second-order valence-corrected chi connectivity index (χ2v) is 7.00. The lowest BCUT2D eigenvalue weighted by atomic mass is 9.85. The molecule has 2 heteroatoms. The van der Waals surface area contributed by atoms with Crippen LogP contribution in [0.25, 0.3) is 0 Å². The molecule has 0 aromatic heterocycles. The molecule has 0 bridgehead atoms. The fraction of sp³-hybridized carbons (Fsp3) is 0.941. The Labute approximate surface area is 119 Å². The minimum absolute atomic E-state index is 0.261. The highest BCUT2D eigenvalue weighted by Gasteiger charge is 2.19. The third kappa shape index (κ3) is 6.44. The molecule has 0 atom stereocenters. The molecule has 19 heavy (non-hydrogen) atoms. The lowest BCUT2D eigenvalue weighted by Crippen LogP contribution is -2.34. The van der Waals surface area contributed by atoms with Gasteiger partial charge in [0.15, 0.2) is 0 Å². The quantitative estimate of drug-likeness (QED) is 0.728. The first-order valence-electron chi connectivity index (χ1n) is 8.27. The molecule has 1 fully saturated rings. The van der Waals surface area contributed by atoms with E-state index >= 15 is 0 Å². The Morgan fingerprint density at radius 1 is 1.05 bits per heavy atom. The van der Waals surface area contributed by atoms with Gasteiger partial charge in [-0.25, -0.2) is 0 Å². The molecule has 1 aliphatic carbocycles. The van der Waals surface area contributed by atoms with Crippen LogP contribution in [0.3, 0.4) is 0 Å². The van der Waals surface area contributed by atoms with Gasteiger partial charge in [-0.05, 0) is 30.1 Å². The number of nitrogens with one attached hydrogen (secondary N) is 1. The molecule has 0 unspecified atom stereocenters. The van der Waals surface area contributed by atoms with Gasteiger partial charge in [0.05, 0.1) is 0 Å². The minimum Gasteiger partial charge on any atom is -0.356 e. The molecule has 1 N–H and O–H groups in total. The zero-order chi connectivity index (χ0) is 14.3. The highest BCUT2D eigenvalue weighted by molar-refractivity contribution is 5.75. The van der Waals surface area contributed by atoms with Crippen LogP contribution in [0.2, 0.25) is 0 Å². The van der Waals surface area contributed by atoms with Crippen molar-refractivity contribution in [3.63, 3.8) is 0 Å². The molecule has 0 saturated heterocycles. The Bertz CT molecular complexity index is 246. The highest BCUT2D eigenvalue weighted by atomic mass is 16.1. The van der Waals surface area contributed by atoms with Crippen molar-refractivity contribution in [3.05, 3.63) is 0 Å². The van der Waals surface area contributed by atoms with Crippen LogP contribution < -0.4 is 5.32 Å². The summed E-state index contributed by atoms with van der Waals surface area (Å²) in [5, 5.41) is 3.15. The molecular formula is C17H33NO. The van der Waals surface area contributed by atoms with E-state index in [9.17, 15) is 4.79 Å². The maximum atomic E-state index is 11.9. The Kier molecular flexibility index (Phi) is 7.48. The standard InChI is InChI=1S/C17H33NO/c1-13(2)16(14(3)4)12-18-17(19)11-10-15-8-6-5-7-9-15/h13-16H,5-12H2,1-4H3,(H,18,19). The molecule has 0 aliphatic heterocycles. The topological polar surface area (TPSA) is 29.1 Å². The fourth-order valence-corrected chi connectivity index (χ4v) is 3.37. The van der Waals surface area contributed by atoms with Crippen molar-refractivity contribution in [2.24, 2.45) is 23.7 Å². The SMILES string of the molecule is CC(C)C(CNC(=O)CCC1CCCCC1)C(C)C. The average molecular weight is 267 g/mol. The van der Waals surface area contributed by atoms with E-state index in [4.69, 9.17) is 0 Å². The van der Waals surface area contributed by atoms with E-state index in [0.717, 1.165) is 25.3 Å². The first-order valence-corrected chi connectivity index (χ1v) is 8.27. The van der Waals surface area contributed by atoms with Crippen molar-refractivity contribution < 1.29 is 4.79 Å². The van der Waals surface area contributed by atoms with E-state index in [-0.39, 0.29) is 5.91 Å². The van der Waals surface area contributed by atoms with E-state index < -0.39 is 0 Å². The van der Waals surface area contributed by atoms with E-state index in [1.165, 1.54) is 32.1 Å². The normalized spacial score (nSPS) is 17.4. The molecule has 0 heterocycles. The smallest absolute Gasteiger partial charge is 0.220 e. The van der Waals surface area contributed by atoms with E-state index in [1.807, 2.05) is 0 Å². The van der Waals surface area contributed by atoms with Gasteiger partial charge in [0, 0.05) is 13.0 Å². The van der Waals surface area contributed by atoms with Crippen LogP contribution in [-0.4, -0.2) is 12.5 Å². The zero-order valence-corrected chi connectivity index (χ0v) is 13.4. The first kappa shape index (κ1) is 16.5. The van der Waals surface area contributed by atoms with Crippen molar-refractivity contribution in [2.45, 2.75) is 72.6 Å². The number of carbonyl (C=O) groups is 1. The Morgan fingerprint density at radius 2 is 1.63 bits per heavy atom. The summed E-state index contributed by atoms with van der Waals surface area (Å²) >= 11 is 0. The molecule has 0 aromatic carbocycles. The lowest BCUT2D eigenvalue weighted by molar-refractivity contribution is -0.121. The van der Waals surface area contributed by atoms with Gasteiger partial charge in [-0.2, -0.15) is 0 Å². The van der Waals surface area contributed by atoms with Crippen molar-refractivity contribution in [1.82, 2.24) is 5.32 Å². The van der Waals surface area contributed by atoms with E-state index in [0.29, 0.717) is 17.8 Å². The number of rotatable bonds is 7. The van der Waals surface area contributed by atoms with Gasteiger partial charge < -0.3 is 5.32 Å². The maximum absolute atomic E-state index is 11.9. The van der Waals surface area contributed by atoms with Gasteiger partial charge >= 0.3 is 0 Å². The summed E-state index contributed by atoms with van der Waals surface area (Å²) in [4.78, 5) is 11.9. The molecule has 0 spiro atoms. The third-order valence-corrected chi connectivity index (χ3v) is 4.75. The van der Waals surface area contributed by atoms with Crippen molar-refractivity contribution >= 4 is 5.91 Å². The molecule has 0 radical (unpaired) electrons. The van der Waals surface area contributed by atoms with Crippen LogP contribution in [0.15, 0.2) is 0 Å². The Hall–Kier alpha value is -0.530. The number of amides is 1. The summed E-state index contributed by atoms with van der Waals surface area (Å²) in [6, 6.07) is 0. The maximum Gasteiger partial charge on any atom is 0.220 e. The molecule has 2 nitrogen and oxygen atoms in total. The molecule has 1 aliphatic rings. The van der Waals surface area contributed by atoms with E-state index in [1.54, 1.807) is 0 Å². The van der Waals surface area contributed by atoms with Crippen LogP contribution in [0.5, 0.6) is 0 Å². The van der Waals surface area contributed by atoms with Gasteiger partial charge in [-0.3, -0.25) is 4.79 Å². The van der Waals surface area contributed by atoms with Crippen LogP contribution in [0.4, 0.5) is 0 Å². The van der Waals surface area contributed by atoms with Crippen molar-refractivity contribution in [1.29, 1.82) is 0 Å². The van der Waals surface area contributed by atoms with Crippen molar-refractivity contribution in [2.75, 3.05) is 6.54 Å². The number of carbonyl (C=O) groups excluding carboxylic acids is 1. The summed E-state index contributed by atoms with van der Waals surface area (Å²) in [7, 11) is 0. The summed E-state index contributed by atoms with van der Waals surface area (Å²) in [5.41, 5.74) is 0. The zero-order valence-electron chi connectivity index (χ0n) is 13.4. The molecule has 112 valence electrons.